The largest absolute Gasteiger partial charge is 0.296 e. The average Bonchev–Trinajstić information content (AvgIpc) is 2.86. The standard InChI is InChI=1S/C18H30ClN3/c1-4-16-20-15-10-9-14(19)17(22-18(15)21-16)13-7-5-12(6-8-13)11(2)3/h4-5,7,11-18,20-22H,1,6,8-10H2,2-3H3. The lowest BCUT2D eigenvalue weighted by Gasteiger charge is -2.34. The fourth-order valence-electron chi connectivity index (χ4n) is 4.17. The summed E-state index contributed by atoms with van der Waals surface area (Å²) < 4.78 is 0. The number of alkyl halides is 1. The number of hydrogen-bond donors (Lipinski definition) is 3. The Morgan fingerprint density at radius 3 is 2.55 bits per heavy atom. The van der Waals surface area contributed by atoms with Gasteiger partial charge in [-0.1, -0.05) is 32.1 Å². The molecule has 3 N–H and O–H groups in total. The Labute approximate surface area is 139 Å². The van der Waals surface area contributed by atoms with E-state index in [2.05, 4.69) is 48.5 Å². The smallest absolute Gasteiger partial charge is 0.0777 e. The first-order valence-electron chi connectivity index (χ1n) is 8.81. The summed E-state index contributed by atoms with van der Waals surface area (Å²) in [5.41, 5.74) is 0. The zero-order valence-corrected chi connectivity index (χ0v) is 14.5. The van der Waals surface area contributed by atoms with Crippen LogP contribution in [0.25, 0.3) is 0 Å². The van der Waals surface area contributed by atoms with Gasteiger partial charge < -0.3 is 0 Å². The van der Waals surface area contributed by atoms with Crippen LogP contribution in [0.2, 0.25) is 0 Å². The van der Waals surface area contributed by atoms with Crippen molar-refractivity contribution in [2.24, 2.45) is 17.8 Å². The second-order valence-electron chi connectivity index (χ2n) is 7.45. The molecule has 3 rings (SSSR count). The summed E-state index contributed by atoms with van der Waals surface area (Å²) in [7, 11) is 0. The van der Waals surface area contributed by atoms with E-state index in [9.17, 15) is 0 Å². The van der Waals surface area contributed by atoms with E-state index in [1.807, 2.05) is 6.08 Å². The van der Waals surface area contributed by atoms with Gasteiger partial charge in [0.15, 0.2) is 0 Å². The topological polar surface area (TPSA) is 36.1 Å². The third-order valence-corrected chi connectivity index (χ3v) is 6.15. The number of hydrogen-bond acceptors (Lipinski definition) is 3. The van der Waals surface area contributed by atoms with Gasteiger partial charge in [0, 0.05) is 17.5 Å². The highest BCUT2D eigenvalue weighted by atomic mass is 35.5. The molecule has 3 nitrogen and oxygen atoms in total. The lowest BCUT2D eigenvalue weighted by Crippen LogP contribution is -2.53. The minimum absolute atomic E-state index is 0.210. The van der Waals surface area contributed by atoms with Gasteiger partial charge in [-0.25, -0.2) is 0 Å². The lowest BCUT2D eigenvalue weighted by atomic mass is 9.79. The summed E-state index contributed by atoms with van der Waals surface area (Å²) in [5.74, 6) is 2.03. The van der Waals surface area contributed by atoms with Crippen LogP contribution >= 0.6 is 11.6 Å². The number of allylic oxidation sites excluding steroid dienone is 1. The van der Waals surface area contributed by atoms with E-state index >= 15 is 0 Å². The zero-order chi connectivity index (χ0) is 15.7. The van der Waals surface area contributed by atoms with E-state index in [0.29, 0.717) is 24.2 Å². The van der Waals surface area contributed by atoms with E-state index in [4.69, 9.17) is 11.6 Å². The molecule has 0 bridgehead atoms. The van der Waals surface area contributed by atoms with Gasteiger partial charge in [-0.15, -0.1) is 18.2 Å². The van der Waals surface area contributed by atoms with Crippen LogP contribution in [0.15, 0.2) is 24.8 Å². The molecule has 2 saturated heterocycles. The molecule has 2 aliphatic heterocycles. The van der Waals surface area contributed by atoms with Crippen LogP contribution in [0.3, 0.4) is 0 Å². The Morgan fingerprint density at radius 2 is 1.91 bits per heavy atom. The second kappa shape index (κ2) is 7.04. The van der Waals surface area contributed by atoms with Crippen molar-refractivity contribution >= 4 is 11.6 Å². The van der Waals surface area contributed by atoms with E-state index < -0.39 is 0 Å². The van der Waals surface area contributed by atoms with Crippen LogP contribution in [0.1, 0.15) is 39.5 Å². The summed E-state index contributed by atoms with van der Waals surface area (Å²) in [5, 5.41) is 11.2. The first-order valence-corrected chi connectivity index (χ1v) is 9.25. The molecule has 0 radical (unpaired) electrons. The Hall–Kier alpha value is -0.350. The van der Waals surface area contributed by atoms with Gasteiger partial charge in [0.05, 0.1) is 12.3 Å². The van der Waals surface area contributed by atoms with Crippen molar-refractivity contribution in [3.8, 4) is 0 Å². The van der Waals surface area contributed by atoms with Crippen LogP contribution in [-0.4, -0.2) is 29.8 Å². The maximum atomic E-state index is 6.73. The van der Waals surface area contributed by atoms with Gasteiger partial charge in [0.2, 0.25) is 0 Å². The molecule has 0 amide bonds. The summed E-state index contributed by atoms with van der Waals surface area (Å²) in [4.78, 5) is 0. The van der Waals surface area contributed by atoms with Gasteiger partial charge >= 0.3 is 0 Å². The average molecular weight is 324 g/mol. The maximum Gasteiger partial charge on any atom is 0.0777 e. The first kappa shape index (κ1) is 16.5. The van der Waals surface area contributed by atoms with Crippen LogP contribution in [0.5, 0.6) is 0 Å². The minimum Gasteiger partial charge on any atom is -0.296 e. The van der Waals surface area contributed by atoms with Crippen molar-refractivity contribution in [1.82, 2.24) is 16.0 Å². The molecule has 3 aliphatic rings. The number of nitrogens with one attached hydrogen (secondary N) is 3. The molecule has 0 aromatic carbocycles. The van der Waals surface area contributed by atoms with Crippen LogP contribution in [0.4, 0.5) is 0 Å². The molecule has 0 saturated carbocycles. The monoisotopic (exact) mass is 323 g/mol. The molecule has 2 heterocycles. The van der Waals surface area contributed by atoms with Crippen molar-refractivity contribution in [3.63, 3.8) is 0 Å². The lowest BCUT2D eigenvalue weighted by molar-refractivity contribution is 0.291. The Morgan fingerprint density at radius 1 is 1.09 bits per heavy atom. The molecule has 124 valence electrons. The van der Waals surface area contributed by atoms with Gasteiger partial charge in [-0.3, -0.25) is 16.0 Å². The maximum absolute atomic E-state index is 6.73. The SMILES string of the molecule is C=CC1NC2CCC(Cl)C(C3C=CC(C(C)C)CC3)NC2N1. The summed E-state index contributed by atoms with van der Waals surface area (Å²) >= 11 is 6.73. The normalized spacial score (nSPS) is 45.5. The minimum atomic E-state index is 0.210. The molecular weight excluding hydrogens is 294 g/mol. The van der Waals surface area contributed by atoms with E-state index in [1.165, 1.54) is 12.8 Å². The predicted octanol–water partition coefficient (Wildman–Crippen LogP) is 2.98. The summed E-state index contributed by atoms with van der Waals surface area (Å²) in [6.07, 6.45) is 12.0. The first-order chi connectivity index (χ1) is 10.6. The van der Waals surface area contributed by atoms with Crippen molar-refractivity contribution in [3.05, 3.63) is 24.8 Å². The van der Waals surface area contributed by atoms with Gasteiger partial charge in [-0.2, -0.15) is 0 Å². The van der Waals surface area contributed by atoms with E-state index in [0.717, 1.165) is 24.7 Å². The molecule has 2 fully saturated rings. The highest BCUT2D eigenvalue weighted by molar-refractivity contribution is 6.21. The van der Waals surface area contributed by atoms with E-state index in [-0.39, 0.29) is 11.5 Å². The molecule has 4 heteroatoms. The third-order valence-electron chi connectivity index (χ3n) is 5.66. The van der Waals surface area contributed by atoms with Crippen molar-refractivity contribution in [2.45, 2.75) is 69.3 Å². The molecular formula is C18H30ClN3. The Balaban J connectivity index is 1.67. The fraction of sp³-hybridized carbons (Fsp3) is 0.778. The molecule has 0 aromatic heterocycles. The van der Waals surface area contributed by atoms with Crippen molar-refractivity contribution in [1.29, 1.82) is 0 Å². The van der Waals surface area contributed by atoms with Crippen LogP contribution < -0.4 is 16.0 Å². The molecule has 0 aromatic rings. The van der Waals surface area contributed by atoms with Gasteiger partial charge in [-0.05, 0) is 43.4 Å². The zero-order valence-electron chi connectivity index (χ0n) is 13.8. The molecule has 7 unspecified atom stereocenters. The third kappa shape index (κ3) is 3.43. The highest BCUT2D eigenvalue weighted by Crippen LogP contribution is 2.33. The Bertz CT molecular complexity index is 423. The fourth-order valence-corrected chi connectivity index (χ4v) is 4.56. The number of halogens is 1. The Kier molecular flexibility index (Phi) is 5.28. The molecule has 7 atom stereocenters. The summed E-state index contributed by atoms with van der Waals surface area (Å²) in [6, 6.07) is 0.809. The number of rotatable bonds is 3. The molecule has 1 aliphatic carbocycles. The quantitative estimate of drug-likeness (QED) is 0.552. The highest BCUT2D eigenvalue weighted by Gasteiger charge is 2.40. The van der Waals surface area contributed by atoms with Crippen molar-refractivity contribution in [2.75, 3.05) is 0 Å². The van der Waals surface area contributed by atoms with Crippen LogP contribution in [-0.2, 0) is 0 Å². The van der Waals surface area contributed by atoms with Gasteiger partial charge in [0.1, 0.15) is 0 Å². The summed E-state index contributed by atoms with van der Waals surface area (Å²) in [6.45, 7) is 8.52. The van der Waals surface area contributed by atoms with E-state index in [1.54, 1.807) is 0 Å². The van der Waals surface area contributed by atoms with Crippen molar-refractivity contribution < 1.29 is 0 Å². The van der Waals surface area contributed by atoms with Gasteiger partial charge in [0.25, 0.3) is 0 Å². The molecule has 22 heavy (non-hydrogen) atoms. The molecule has 0 spiro atoms. The number of fused-ring (bicyclic) bond motifs is 1. The second-order valence-corrected chi connectivity index (χ2v) is 8.01. The van der Waals surface area contributed by atoms with Crippen LogP contribution in [0, 0.1) is 17.8 Å². The predicted molar refractivity (Wildman–Crippen MR) is 93.8 cm³/mol.